The Hall–Kier alpha value is -0.860. The van der Waals surface area contributed by atoms with E-state index in [1.807, 2.05) is 0 Å². The summed E-state index contributed by atoms with van der Waals surface area (Å²) in [5, 5.41) is 3.79. The fourth-order valence-electron chi connectivity index (χ4n) is 3.55. The van der Waals surface area contributed by atoms with E-state index in [1.54, 1.807) is 0 Å². The van der Waals surface area contributed by atoms with Crippen molar-refractivity contribution in [3.8, 4) is 0 Å². The molecule has 0 spiro atoms. The summed E-state index contributed by atoms with van der Waals surface area (Å²) in [7, 11) is 0. The van der Waals surface area contributed by atoms with Gasteiger partial charge in [0.15, 0.2) is 0 Å². The second-order valence-electron chi connectivity index (χ2n) is 6.70. The van der Waals surface area contributed by atoms with Crippen molar-refractivity contribution in [2.45, 2.75) is 58.2 Å². The largest absolute Gasteiger partial charge is 0.311 e. The van der Waals surface area contributed by atoms with Crippen LogP contribution in [-0.2, 0) is 0 Å². The summed E-state index contributed by atoms with van der Waals surface area (Å²) in [5.41, 5.74) is 2.81. The number of aryl methyl sites for hydroxylation is 1. The quantitative estimate of drug-likeness (QED) is 0.902. The van der Waals surface area contributed by atoms with Crippen LogP contribution in [0.15, 0.2) is 24.3 Å². The lowest BCUT2D eigenvalue weighted by molar-refractivity contribution is 0.0803. The van der Waals surface area contributed by atoms with Gasteiger partial charge in [-0.1, -0.05) is 36.8 Å². The highest BCUT2D eigenvalue weighted by Crippen LogP contribution is 2.36. The highest BCUT2D eigenvalue weighted by Gasteiger charge is 2.38. The SMILES string of the molecule is CCC1CNC(C2CC2)CN1C(C)c1ccc(C)cc1. The van der Waals surface area contributed by atoms with E-state index in [-0.39, 0.29) is 0 Å². The summed E-state index contributed by atoms with van der Waals surface area (Å²) in [4.78, 5) is 2.74. The molecule has 0 radical (unpaired) electrons. The van der Waals surface area contributed by atoms with Crippen molar-refractivity contribution in [1.29, 1.82) is 0 Å². The topological polar surface area (TPSA) is 15.3 Å². The van der Waals surface area contributed by atoms with E-state index in [0.717, 1.165) is 18.5 Å². The smallest absolute Gasteiger partial charge is 0.0324 e. The standard InChI is InChI=1S/C18H28N2/c1-4-17-11-19-18(16-9-10-16)12-20(17)14(3)15-7-5-13(2)6-8-15/h5-8,14,16-19H,4,9-12H2,1-3H3. The molecule has 0 amide bonds. The number of benzene rings is 1. The molecule has 1 heterocycles. The van der Waals surface area contributed by atoms with Crippen LogP contribution in [0.4, 0.5) is 0 Å². The van der Waals surface area contributed by atoms with E-state index in [4.69, 9.17) is 0 Å². The van der Waals surface area contributed by atoms with E-state index < -0.39 is 0 Å². The van der Waals surface area contributed by atoms with Gasteiger partial charge in [0.05, 0.1) is 0 Å². The van der Waals surface area contributed by atoms with Crippen molar-refractivity contribution < 1.29 is 0 Å². The number of nitrogens with zero attached hydrogens (tertiary/aromatic N) is 1. The Labute approximate surface area is 123 Å². The first-order valence-electron chi connectivity index (χ1n) is 8.24. The van der Waals surface area contributed by atoms with Gasteiger partial charge in [-0.3, -0.25) is 4.90 Å². The molecule has 1 saturated heterocycles. The predicted octanol–water partition coefficient (Wildman–Crippen LogP) is 3.52. The maximum atomic E-state index is 3.79. The summed E-state index contributed by atoms with van der Waals surface area (Å²) >= 11 is 0. The van der Waals surface area contributed by atoms with E-state index in [1.165, 1.54) is 36.9 Å². The first-order chi connectivity index (χ1) is 9.69. The van der Waals surface area contributed by atoms with E-state index in [9.17, 15) is 0 Å². The van der Waals surface area contributed by atoms with E-state index >= 15 is 0 Å². The van der Waals surface area contributed by atoms with Gasteiger partial charge in [-0.15, -0.1) is 0 Å². The Morgan fingerprint density at radius 2 is 1.95 bits per heavy atom. The minimum atomic E-state index is 0.531. The van der Waals surface area contributed by atoms with Crippen LogP contribution in [0.25, 0.3) is 0 Å². The minimum Gasteiger partial charge on any atom is -0.311 e. The number of rotatable bonds is 4. The highest BCUT2D eigenvalue weighted by atomic mass is 15.3. The third-order valence-corrected chi connectivity index (χ3v) is 5.21. The van der Waals surface area contributed by atoms with Gasteiger partial charge in [-0.2, -0.15) is 0 Å². The Balaban J connectivity index is 1.75. The number of piperazine rings is 1. The number of hydrogen-bond donors (Lipinski definition) is 1. The highest BCUT2D eigenvalue weighted by molar-refractivity contribution is 5.24. The maximum Gasteiger partial charge on any atom is 0.0324 e. The molecular weight excluding hydrogens is 244 g/mol. The van der Waals surface area contributed by atoms with E-state index in [0.29, 0.717) is 12.1 Å². The molecule has 110 valence electrons. The van der Waals surface area contributed by atoms with Crippen molar-refractivity contribution >= 4 is 0 Å². The maximum absolute atomic E-state index is 3.79. The molecule has 1 aromatic rings. The van der Waals surface area contributed by atoms with Gasteiger partial charge >= 0.3 is 0 Å². The molecule has 1 N–H and O–H groups in total. The van der Waals surface area contributed by atoms with Crippen LogP contribution in [0.5, 0.6) is 0 Å². The molecular formula is C18H28N2. The van der Waals surface area contributed by atoms with Crippen LogP contribution < -0.4 is 5.32 Å². The summed E-state index contributed by atoms with van der Waals surface area (Å²) in [6, 6.07) is 11.0. The molecule has 3 atom stereocenters. The van der Waals surface area contributed by atoms with Crippen LogP contribution >= 0.6 is 0 Å². The van der Waals surface area contributed by atoms with Crippen molar-refractivity contribution in [2.24, 2.45) is 5.92 Å². The van der Waals surface area contributed by atoms with Gasteiger partial charge in [-0.05, 0) is 44.6 Å². The van der Waals surface area contributed by atoms with Crippen molar-refractivity contribution in [3.05, 3.63) is 35.4 Å². The lowest BCUT2D eigenvalue weighted by Crippen LogP contribution is -2.57. The first-order valence-corrected chi connectivity index (χ1v) is 8.24. The Morgan fingerprint density at radius 1 is 1.25 bits per heavy atom. The first kappa shape index (κ1) is 14.1. The average Bonchev–Trinajstić information content (AvgIpc) is 3.31. The van der Waals surface area contributed by atoms with Gasteiger partial charge in [-0.25, -0.2) is 0 Å². The van der Waals surface area contributed by atoms with Gasteiger partial charge < -0.3 is 5.32 Å². The molecule has 1 saturated carbocycles. The van der Waals surface area contributed by atoms with Crippen LogP contribution in [0, 0.1) is 12.8 Å². The molecule has 2 aliphatic rings. The molecule has 1 aliphatic heterocycles. The zero-order valence-electron chi connectivity index (χ0n) is 13.1. The lowest BCUT2D eigenvalue weighted by atomic mass is 9.97. The molecule has 20 heavy (non-hydrogen) atoms. The normalized spacial score (nSPS) is 29.4. The van der Waals surface area contributed by atoms with E-state index in [2.05, 4.69) is 55.3 Å². The molecule has 3 rings (SSSR count). The van der Waals surface area contributed by atoms with Crippen LogP contribution in [0.2, 0.25) is 0 Å². The minimum absolute atomic E-state index is 0.531. The van der Waals surface area contributed by atoms with Gasteiger partial charge in [0.1, 0.15) is 0 Å². The third kappa shape index (κ3) is 2.91. The van der Waals surface area contributed by atoms with Crippen molar-refractivity contribution in [1.82, 2.24) is 10.2 Å². The summed E-state index contributed by atoms with van der Waals surface area (Å²) < 4.78 is 0. The molecule has 0 bridgehead atoms. The summed E-state index contributed by atoms with van der Waals surface area (Å²) in [6.45, 7) is 9.24. The summed E-state index contributed by atoms with van der Waals surface area (Å²) in [5.74, 6) is 0.945. The molecule has 2 nitrogen and oxygen atoms in total. The van der Waals surface area contributed by atoms with Crippen LogP contribution in [-0.4, -0.2) is 30.1 Å². The molecule has 2 heteroatoms. The molecule has 1 aliphatic carbocycles. The van der Waals surface area contributed by atoms with Gasteiger partial charge in [0.2, 0.25) is 0 Å². The van der Waals surface area contributed by atoms with Gasteiger partial charge in [0, 0.05) is 31.2 Å². The Bertz CT molecular complexity index is 435. The van der Waals surface area contributed by atoms with Crippen LogP contribution in [0.3, 0.4) is 0 Å². The Kier molecular flexibility index (Phi) is 4.13. The van der Waals surface area contributed by atoms with Gasteiger partial charge in [0.25, 0.3) is 0 Å². The second-order valence-corrected chi connectivity index (χ2v) is 6.70. The molecule has 3 unspecified atom stereocenters. The summed E-state index contributed by atoms with van der Waals surface area (Å²) in [6.07, 6.45) is 4.10. The fourth-order valence-corrected chi connectivity index (χ4v) is 3.55. The lowest BCUT2D eigenvalue weighted by Gasteiger charge is -2.44. The molecule has 2 fully saturated rings. The average molecular weight is 272 g/mol. The monoisotopic (exact) mass is 272 g/mol. The van der Waals surface area contributed by atoms with Crippen LogP contribution in [0.1, 0.15) is 50.3 Å². The van der Waals surface area contributed by atoms with Crippen molar-refractivity contribution in [3.63, 3.8) is 0 Å². The zero-order valence-corrected chi connectivity index (χ0v) is 13.1. The molecule has 0 aromatic heterocycles. The van der Waals surface area contributed by atoms with Crippen molar-refractivity contribution in [2.75, 3.05) is 13.1 Å². The number of hydrogen-bond acceptors (Lipinski definition) is 2. The molecule has 1 aromatic carbocycles. The second kappa shape index (κ2) is 5.87. The number of nitrogens with one attached hydrogen (secondary N) is 1. The predicted molar refractivity (Wildman–Crippen MR) is 84.9 cm³/mol. The third-order valence-electron chi connectivity index (χ3n) is 5.21. The fraction of sp³-hybridized carbons (Fsp3) is 0.667. The Morgan fingerprint density at radius 3 is 2.55 bits per heavy atom. The zero-order chi connectivity index (χ0) is 14.1.